The van der Waals surface area contributed by atoms with Gasteiger partial charge in [0, 0.05) is 4.70 Å². The van der Waals surface area contributed by atoms with Gasteiger partial charge in [-0.1, -0.05) is 18.2 Å². The van der Waals surface area contributed by atoms with Gasteiger partial charge in [0.15, 0.2) is 0 Å². The summed E-state index contributed by atoms with van der Waals surface area (Å²) in [6.45, 7) is -0.333. The Bertz CT molecular complexity index is 969. The average Bonchev–Trinajstić information content (AvgIpc) is 2.53. The molecule has 0 atom stereocenters. The zero-order valence-corrected chi connectivity index (χ0v) is 13.3. The van der Waals surface area contributed by atoms with Gasteiger partial charge in [-0.2, -0.15) is 4.98 Å². The van der Waals surface area contributed by atoms with Crippen molar-refractivity contribution in [2.24, 2.45) is 0 Å². The molecule has 118 valence electrons. The highest BCUT2D eigenvalue weighted by Crippen LogP contribution is 2.36. The molecule has 0 fully saturated rings. The van der Waals surface area contributed by atoms with Gasteiger partial charge in [0.25, 0.3) is 5.56 Å². The maximum absolute atomic E-state index is 12.1. The molecule has 0 aliphatic carbocycles. The molecule has 0 radical (unpaired) electrons. The molecule has 0 bridgehead atoms. The van der Waals surface area contributed by atoms with E-state index in [4.69, 9.17) is 9.79 Å². The van der Waals surface area contributed by atoms with Gasteiger partial charge in [-0.3, -0.25) is 9.32 Å². The Hall–Kier alpha value is -1.96. The minimum Gasteiger partial charge on any atom is -0.303 e. The highest BCUT2D eigenvalue weighted by Gasteiger charge is 2.15. The summed E-state index contributed by atoms with van der Waals surface area (Å²) in [5, 5.41) is 0.981. The van der Waals surface area contributed by atoms with Crippen LogP contribution in [0.25, 0.3) is 20.8 Å². The van der Waals surface area contributed by atoms with Gasteiger partial charge >= 0.3 is 7.82 Å². The Labute approximate surface area is 134 Å². The molecule has 0 amide bonds. The summed E-state index contributed by atoms with van der Waals surface area (Å²) in [5.74, 6) is 0. The van der Waals surface area contributed by atoms with Crippen LogP contribution < -0.4 is 5.56 Å². The van der Waals surface area contributed by atoms with Crippen molar-refractivity contribution in [3.63, 3.8) is 0 Å². The Morgan fingerprint density at radius 1 is 1.09 bits per heavy atom. The van der Waals surface area contributed by atoms with E-state index in [2.05, 4.69) is 14.5 Å². The van der Waals surface area contributed by atoms with E-state index in [1.54, 1.807) is 30.3 Å². The van der Waals surface area contributed by atoms with Gasteiger partial charge in [-0.25, -0.2) is 9.55 Å². The first-order chi connectivity index (χ1) is 10.9. The molecule has 0 saturated carbocycles. The van der Waals surface area contributed by atoms with Crippen LogP contribution in [0.3, 0.4) is 0 Å². The highest BCUT2D eigenvalue weighted by molar-refractivity contribution is 7.46. The SMILES string of the molecule is O=c1nc(-c2cccc(COP(=O)(O)O)n2)sc2ccccc12. The van der Waals surface area contributed by atoms with E-state index in [9.17, 15) is 9.36 Å². The Balaban J connectivity index is 1.99. The molecule has 2 N–H and O–H groups in total. The van der Waals surface area contributed by atoms with Crippen LogP contribution in [0.1, 0.15) is 5.69 Å². The van der Waals surface area contributed by atoms with Crippen molar-refractivity contribution in [3.8, 4) is 10.7 Å². The molecule has 0 saturated heterocycles. The number of hydrogen-bond acceptors (Lipinski definition) is 6. The number of rotatable bonds is 4. The van der Waals surface area contributed by atoms with Gasteiger partial charge in [-0.15, -0.1) is 11.3 Å². The van der Waals surface area contributed by atoms with Crippen LogP contribution in [0, 0.1) is 0 Å². The van der Waals surface area contributed by atoms with Gasteiger partial charge in [0.2, 0.25) is 0 Å². The van der Waals surface area contributed by atoms with Crippen molar-refractivity contribution in [1.29, 1.82) is 0 Å². The number of nitrogens with zero attached hydrogens (tertiary/aromatic N) is 2. The molecule has 3 aromatic rings. The van der Waals surface area contributed by atoms with E-state index in [1.165, 1.54) is 11.3 Å². The Morgan fingerprint density at radius 2 is 1.87 bits per heavy atom. The number of hydrogen-bond donors (Lipinski definition) is 2. The maximum Gasteiger partial charge on any atom is 0.469 e. The Kier molecular flexibility index (Phi) is 4.34. The smallest absolute Gasteiger partial charge is 0.303 e. The lowest BCUT2D eigenvalue weighted by Crippen LogP contribution is -2.06. The van der Waals surface area contributed by atoms with E-state index in [0.29, 0.717) is 21.8 Å². The van der Waals surface area contributed by atoms with Crippen LogP contribution in [0.15, 0.2) is 47.3 Å². The van der Waals surface area contributed by atoms with E-state index < -0.39 is 7.82 Å². The highest BCUT2D eigenvalue weighted by atomic mass is 32.1. The molecular weight excluding hydrogens is 339 g/mol. The number of phosphoric ester groups is 1. The van der Waals surface area contributed by atoms with Crippen molar-refractivity contribution >= 4 is 29.2 Å². The molecule has 3 rings (SSSR count). The zero-order valence-electron chi connectivity index (χ0n) is 11.6. The van der Waals surface area contributed by atoms with Gasteiger partial charge < -0.3 is 9.79 Å². The molecule has 2 aromatic heterocycles. The fraction of sp³-hybridized carbons (Fsp3) is 0.0714. The molecule has 0 spiro atoms. The van der Waals surface area contributed by atoms with Crippen LogP contribution >= 0.6 is 19.2 Å². The number of pyridine rings is 1. The van der Waals surface area contributed by atoms with Crippen molar-refractivity contribution < 1.29 is 18.9 Å². The third kappa shape index (κ3) is 3.87. The zero-order chi connectivity index (χ0) is 16.4. The van der Waals surface area contributed by atoms with Crippen molar-refractivity contribution in [3.05, 3.63) is 58.5 Å². The largest absolute Gasteiger partial charge is 0.469 e. The molecule has 9 heteroatoms. The average molecular weight is 350 g/mol. The summed E-state index contributed by atoms with van der Waals surface area (Å²) in [5.41, 5.74) is 0.443. The first-order valence-electron chi connectivity index (χ1n) is 6.49. The molecule has 0 unspecified atom stereocenters. The topological polar surface area (TPSA) is 110 Å². The van der Waals surface area contributed by atoms with Crippen LogP contribution in [-0.2, 0) is 15.7 Å². The fourth-order valence-electron chi connectivity index (χ4n) is 1.95. The minimum atomic E-state index is -4.56. The predicted molar refractivity (Wildman–Crippen MR) is 86.0 cm³/mol. The molecule has 2 heterocycles. The predicted octanol–water partition coefficient (Wildman–Crippen LogP) is 2.33. The second-order valence-electron chi connectivity index (χ2n) is 4.60. The monoisotopic (exact) mass is 350 g/mol. The van der Waals surface area contributed by atoms with Gasteiger partial charge in [0.05, 0.1) is 16.8 Å². The molecule has 0 aliphatic rings. The van der Waals surface area contributed by atoms with Gasteiger partial charge in [0.1, 0.15) is 11.6 Å². The third-order valence-electron chi connectivity index (χ3n) is 2.93. The van der Waals surface area contributed by atoms with Crippen LogP contribution in [-0.4, -0.2) is 19.8 Å². The standard InChI is InChI=1S/C14H11N2O5PS/c17-13-10-5-1-2-7-12(10)23-14(16-13)11-6-3-4-9(15-11)8-21-22(18,19)20/h1-7H,8H2,(H2,18,19,20). The summed E-state index contributed by atoms with van der Waals surface area (Å²) in [4.78, 5) is 37.8. The van der Waals surface area contributed by atoms with Crippen LogP contribution in [0.4, 0.5) is 0 Å². The lowest BCUT2D eigenvalue weighted by molar-refractivity contribution is 0.187. The number of phosphoric acid groups is 1. The minimum absolute atomic E-state index is 0.333. The second kappa shape index (κ2) is 6.27. The molecule has 0 aliphatic heterocycles. The summed E-state index contributed by atoms with van der Waals surface area (Å²) in [7, 11) is -4.56. The molecular formula is C14H11N2O5PS. The quantitative estimate of drug-likeness (QED) is 0.695. The number of benzene rings is 1. The van der Waals surface area contributed by atoms with Crippen molar-refractivity contribution in [2.75, 3.05) is 0 Å². The van der Waals surface area contributed by atoms with E-state index in [0.717, 1.165) is 4.70 Å². The fourth-order valence-corrected chi connectivity index (χ4v) is 3.22. The van der Waals surface area contributed by atoms with Crippen molar-refractivity contribution in [1.82, 2.24) is 9.97 Å². The van der Waals surface area contributed by atoms with Crippen LogP contribution in [0.2, 0.25) is 0 Å². The summed E-state index contributed by atoms with van der Waals surface area (Å²) in [6, 6.07) is 12.1. The first kappa shape index (κ1) is 15.9. The lowest BCUT2D eigenvalue weighted by atomic mass is 10.3. The van der Waals surface area contributed by atoms with E-state index in [1.807, 2.05) is 12.1 Å². The molecule has 23 heavy (non-hydrogen) atoms. The summed E-state index contributed by atoms with van der Waals surface area (Å²) in [6.07, 6.45) is 0. The summed E-state index contributed by atoms with van der Waals surface area (Å²) >= 11 is 1.32. The van der Waals surface area contributed by atoms with Crippen LogP contribution in [0.5, 0.6) is 0 Å². The van der Waals surface area contributed by atoms with E-state index in [-0.39, 0.29) is 12.2 Å². The van der Waals surface area contributed by atoms with Gasteiger partial charge in [-0.05, 0) is 24.3 Å². The van der Waals surface area contributed by atoms with Crippen molar-refractivity contribution in [2.45, 2.75) is 6.61 Å². The molecule has 1 aromatic carbocycles. The maximum atomic E-state index is 12.1. The third-order valence-corrected chi connectivity index (χ3v) is 4.47. The Morgan fingerprint density at radius 3 is 2.65 bits per heavy atom. The summed E-state index contributed by atoms with van der Waals surface area (Å²) < 4.78 is 16.0. The number of fused-ring (bicyclic) bond motifs is 1. The normalized spacial score (nSPS) is 11.7. The first-order valence-corrected chi connectivity index (χ1v) is 8.83. The molecule has 7 nitrogen and oxygen atoms in total. The lowest BCUT2D eigenvalue weighted by Gasteiger charge is -2.06. The van der Waals surface area contributed by atoms with E-state index >= 15 is 0 Å². The second-order valence-corrected chi connectivity index (χ2v) is 6.87. The number of aromatic nitrogens is 2.